The van der Waals surface area contributed by atoms with Crippen molar-refractivity contribution in [3.05, 3.63) is 28.2 Å². The molecule has 20 heavy (non-hydrogen) atoms. The Kier molecular flexibility index (Phi) is 4.49. The van der Waals surface area contributed by atoms with Crippen LogP contribution in [-0.4, -0.2) is 46.1 Å². The highest BCUT2D eigenvalue weighted by molar-refractivity contribution is 5.92. The third-order valence-corrected chi connectivity index (χ3v) is 3.12. The van der Waals surface area contributed by atoms with Gasteiger partial charge in [-0.1, -0.05) is 6.92 Å². The van der Waals surface area contributed by atoms with Crippen LogP contribution in [0.3, 0.4) is 0 Å². The predicted molar refractivity (Wildman–Crippen MR) is 72.3 cm³/mol. The summed E-state index contributed by atoms with van der Waals surface area (Å²) in [6.45, 7) is 3.70. The van der Waals surface area contributed by atoms with Crippen LogP contribution in [0.15, 0.2) is 16.9 Å². The summed E-state index contributed by atoms with van der Waals surface area (Å²) in [5, 5.41) is 6.81. The second-order valence-corrected chi connectivity index (χ2v) is 4.67. The van der Waals surface area contributed by atoms with Crippen LogP contribution in [0.25, 0.3) is 0 Å². The number of hydrogen-bond acceptors (Lipinski definition) is 4. The van der Waals surface area contributed by atoms with Crippen LogP contribution < -0.4 is 10.9 Å². The molecule has 0 saturated carbocycles. The SMILES string of the molecule is CCCn1nc(C(=O)N2CCNC(=O)CC2)ccc1=O. The second-order valence-electron chi connectivity index (χ2n) is 4.67. The van der Waals surface area contributed by atoms with Gasteiger partial charge in [0.1, 0.15) is 5.69 Å². The van der Waals surface area contributed by atoms with Gasteiger partial charge in [0.25, 0.3) is 11.5 Å². The summed E-state index contributed by atoms with van der Waals surface area (Å²) >= 11 is 0. The van der Waals surface area contributed by atoms with Crippen LogP contribution in [0, 0.1) is 0 Å². The predicted octanol–water partition coefficient (Wildman–Crippen LogP) is -0.385. The molecule has 7 nitrogen and oxygen atoms in total. The molecule has 1 aromatic rings. The summed E-state index contributed by atoms with van der Waals surface area (Å²) in [7, 11) is 0. The Morgan fingerprint density at radius 3 is 2.90 bits per heavy atom. The number of aromatic nitrogens is 2. The van der Waals surface area contributed by atoms with E-state index in [1.165, 1.54) is 16.8 Å². The van der Waals surface area contributed by atoms with Crippen LogP contribution in [-0.2, 0) is 11.3 Å². The Bertz CT molecular complexity index is 567. The average Bonchev–Trinajstić information content (AvgIpc) is 2.65. The van der Waals surface area contributed by atoms with Gasteiger partial charge in [-0.3, -0.25) is 14.4 Å². The first-order valence-electron chi connectivity index (χ1n) is 6.76. The highest BCUT2D eigenvalue weighted by Gasteiger charge is 2.21. The Morgan fingerprint density at radius 2 is 2.15 bits per heavy atom. The summed E-state index contributed by atoms with van der Waals surface area (Å²) in [5.41, 5.74) is 0.0310. The molecule has 0 unspecified atom stereocenters. The van der Waals surface area contributed by atoms with Crippen molar-refractivity contribution in [3.8, 4) is 0 Å². The van der Waals surface area contributed by atoms with Gasteiger partial charge < -0.3 is 10.2 Å². The molecule has 1 aliphatic rings. The molecule has 0 spiro atoms. The van der Waals surface area contributed by atoms with Gasteiger partial charge in [0.05, 0.1) is 0 Å². The van der Waals surface area contributed by atoms with E-state index in [9.17, 15) is 14.4 Å². The Balaban J connectivity index is 2.18. The highest BCUT2D eigenvalue weighted by atomic mass is 16.2. The highest BCUT2D eigenvalue weighted by Crippen LogP contribution is 2.03. The molecule has 7 heteroatoms. The third kappa shape index (κ3) is 3.23. The Labute approximate surface area is 116 Å². The minimum absolute atomic E-state index is 0.0517. The summed E-state index contributed by atoms with van der Waals surface area (Å²) in [5.74, 6) is -0.296. The van der Waals surface area contributed by atoms with E-state index in [4.69, 9.17) is 0 Å². The average molecular weight is 278 g/mol. The minimum Gasteiger partial charge on any atom is -0.354 e. The van der Waals surface area contributed by atoms with Gasteiger partial charge in [-0.2, -0.15) is 5.10 Å². The standard InChI is InChI=1S/C13H18N4O3/c1-2-7-17-12(19)4-3-10(15-17)13(20)16-8-5-11(18)14-6-9-16/h3-4H,2,5-9H2,1H3,(H,14,18). The maximum Gasteiger partial charge on any atom is 0.274 e. The van der Waals surface area contributed by atoms with Gasteiger partial charge >= 0.3 is 0 Å². The topological polar surface area (TPSA) is 84.3 Å². The van der Waals surface area contributed by atoms with Crippen molar-refractivity contribution in [3.63, 3.8) is 0 Å². The number of rotatable bonds is 3. The first kappa shape index (κ1) is 14.2. The largest absolute Gasteiger partial charge is 0.354 e. The van der Waals surface area contributed by atoms with E-state index in [1.54, 1.807) is 4.90 Å². The van der Waals surface area contributed by atoms with Gasteiger partial charge in [-0.25, -0.2) is 4.68 Å². The lowest BCUT2D eigenvalue weighted by atomic mass is 10.3. The number of aryl methyl sites for hydroxylation is 1. The molecule has 1 saturated heterocycles. The van der Waals surface area contributed by atoms with Crippen molar-refractivity contribution in [2.75, 3.05) is 19.6 Å². The summed E-state index contributed by atoms with van der Waals surface area (Å²) in [6.07, 6.45) is 1.06. The zero-order valence-electron chi connectivity index (χ0n) is 11.5. The molecule has 1 N–H and O–H groups in total. The number of amides is 2. The van der Waals surface area contributed by atoms with Crippen molar-refractivity contribution in [2.45, 2.75) is 26.3 Å². The second kappa shape index (κ2) is 6.31. The third-order valence-electron chi connectivity index (χ3n) is 3.12. The van der Waals surface area contributed by atoms with Crippen molar-refractivity contribution < 1.29 is 9.59 Å². The van der Waals surface area contributed by atoms with Crippen LogP contribution in [0.1, 0.15) is 30.3 Å². The number of nitrogens with one attached hydrogen (secondary N) is 1. The quantitative estimate of drug-likeness (QED) is 0.816. The van der Waals surface area contributed by atoms with E-state index < -0.39 is 0 Å². The summed E-state index contributed by atoms with van der Waals surface area (Å²) in [6, 6.07) is 2.80. The zero-order valence-corrected chi connectivity index (χ0v) is 11.5. The number of carbonyl (C=O) groups excluding carboxylic acids is 2. The van der Waals surface area contributed by atoms with E-state index in [0.29, 0.717) is 32.6 Å². The lowest BCUT2D eigenvalue weighted by molar-refractivity contribution is -0.120. The Hall–Kier alpha value is -2.18. The lowest BCUT2D eigenvalue weighted by Gasteiger charge is -2.19. The molecule has 1 aromatic heterocycles. The molecule has 0 radical (unpaired) electrons. The fourth-order valence-electron chi connectivity index (χ4n) is 2.07. The van der Waals surface area contributed by atoms with Crippen molar-refractivity contribution in [2.24, 2.45) is 0 Å². The van der Waals surface area contributed by atoms with Gasteiger partial charge in [0, 0.05) is 38.7 Å². The van der Waals surface area contributed by atoms with Crippen LogP contribution in [0.5, 0.6) is 0 Å². The molecule has 0 aromatic carbocycles. The maximum atomic E-state index is 12.3. The molecule has 0 aliphatic carbocycles. The van der Waals surface area contributed by atoms with Crippen molar-refractivity contribution in [1.82, 2.24) is 20.0 Å². The molecule has 1 fully saturated rings. The fourth-order valence-corrected chi connectivity index (χ4v) is 2.07. The lowest BCUT2D eigenvalue weighted by Crippen LogP contribution is -2.36. The number of nitrogens with zero attached hydrogens (tertiary/aromatic N) is 3. The normalized spacial score (nSPS) is 15.7. The molecule has 2 heterocycles. The van der Waals surface area contributed by atoms with E-state index in [1.807, 2.05) is 6.92 Å². The van der Waals surface area contributed by atoms with Gasteiger partial charge in [0.2, 0.25) is 5.91 Å². The zero-order chi connectivity index (χ0) is 14.5. The molecule has 108 valence electrons. The molecule has 0 bridgehead atoms. The molecular weight excluding hydrogens is 260 g/mol. The van der Waals surface area contributed by atoms with Gasteiger partial charge in [-0.15, -0.1) is 0 Å². The van der Waals surface area contributed by atoms with Crippen LogP contribution >= 0.6 is 0 Å². The number of hydrogen-bond donors (Lipinski definition) is 1. The van der Waals surface area contributed by atoms with Crippen molar-refractivity contribution >= 4 is 11.8 Å². The van der Waals surface area contributed by atoms with E-state index >= 15 is 0 Å². The fraction of sp³-hybridized carbons (Fsp3) is 0.538. The van der Waals surface area contributed by atoms with E-state index in [2.05, 4.69) is 10.4 Å². The summed E-state index contributed by atoms with van der Waals surface area (Å²) in [4.78, 5) is 36.8. The molecular formula is C13H18N4O3. The van der Waals surface area contributed by atoms with E-state index in [-0.39, 0.29) is 23.1 Å². The minimum atomic E-state index is -0.244. The molecule has 2 rings (SSSR count). The van der Waals surface area contributed by atoms with Crippen molar-refractivity contribution in [1.29, 1.82) is 0 Å². The monoisotopic (exact) mass is 278 g/mol. The first-order chi connectivity index (χ1) is 9.61. The summed E-state index contributed by atoms with van der Waals surface area (Å²) < 4.78 is 1.30. The smallest absolute Gasteiger partial charge is 0.274 e. The van der Waals surface area contributed by atoms with Crippen LogP contribution in [0.2, 0.25) is 0 Å². The van der Waals surface area contributed by atoms with Crippen LogP contribution in [0.4, 0.5) is 0 Å². The number of carbonyl (C=O) groups is 2. The van der Waals surface area contributed by atoms with Gasteiger partial charge in [-0.05, 0) is 12.5 Å². The first-order valence-corrected chi connectivity index (χ1v) is 6.76. The molecule has 0 atom stereocenters. The molecule has 2 amide bonds. The van der Waals surface area contributed by atoms with E-state index in [0.717, 1.165) is 6.42 Å². The molecule has 1 aliphatic heterocycles. The maximum absolute atomic E-state index is 12.3. The van der Waals surface area contributed by atoms with Gasteiger partial charge in [0.15, 0.2) is 0 Å². The Morgan fingerprint density at radius 1 is 1.35 bits per heavy atom.